The van der Waals surface area contributed by atoms with Crippen molar-refractivity contribution in [1.29, 1.82) is 0 Å². The monoisotopic (exact) mass is 284 g/mol. The van der Waals surface area contributed by atoms with Gasteiger partial charge in [-0.25, -0.2) is 8.42 Å². The summed E-state index contributed by atoms with van der Waals surface area (Å²) in [5.74, 6) is 0. The van der Waals surface area contributed by atoms with Gasteiger partial charge >= 0.3 is 0 Å². The molecular formula is C13H20N2O3S. The van der Waals surface area contributed by atoms with E-state index in [1.807, 2.05) is 26.0 Å². The van der Waals surface area contributed by atoms with Crippen molar-refractivity contribution in [2.75, 3.05) is 16.3 Å². The van der Waals surface area contributed by atoms with Crippen LogP contribution >= 0.6 is 0 Å². The highest BCUT2D eigenvalue weighted by Crippen LogP contribution is 2.43. The maximum atomic E-state index is 11.3. The Morgan fingerprint density at radius 1 is 1.26 bits per heavy atom. The lowest BCUT2D eigenvalue weighted by atomic mass is 9.64. The lowest BCUT2D eigenvalue weighted by Gasteiger charge is -2.50. The molecule has 1 fully saturated rings. The Balaban J connectivity index is 2.18. The van der Waals surface area contributed by atoms with Crippen molar-refractivity contribution >= 4 is 21.4 Å². The second kappa shape index (κ2) is 4.68. The third-order valence-electron chi connectivity index (χ3n) is 3.77. The van der Waals surface area contributed by atoms with Gasteiger partial charge in [-0.05, 0) is 18.6 Å². The second-order valence-corrected chi connectivity index (χ2v) is 7.44. The zero-order valence-electron chi connectivity index (χ0n) is 11.3. The normalized spacial score (nSPS) is 25.5. The zero-order valence-corrected chi connectivity index (χ0v) is 12.2. The maximum Gasteiger partial charge on any atom is 0.229 e. The van der Waals surface area contributed by atoms with Crippen LogP contribution in [0.5, 0.6) is 0 Å². The molecule has 0 heterocycles. The van der Waals surface area contributed by atoms with Gasteiger partial charge in [-0.15, -0.1) is 0 Å². The van der Waals surface area contributed by atoms with E-state index in [9.17, 15) is 13.5 Å². The highest BCUT2D eigenvalue weighted by atomic mass is 32.2. The van der Waals surface area contributed by atoms with Crippen LogP contribution in [0.3, 0.4) is 0 Å². The molecule has 1 aliphatic carbocycles. The summed E-state index contributed by atoms with van der Waals surface area (Å²) in [5, 5.41) is 13.0. The number of rotatable bonds is 4. The summed E-state index contributed by atoms with van der Waals surface area (Å²) in [6.07, 6.45) is 1.47. The third kappa shape index (κ3) is 3.01. The molecule has 2 atom stereocenters. The van der Waals surface area contributed by atoms with Gasteiger partial charge in [0.15, 0.2) is 0 Å². The average Bonchev–Trinajstić information content (AvgIpc) is 2.29. The van der Waals surface area contributed by atoms with Gasteiger partial charge in [0.2, 0.25) is 10.0 Å². The second-order valence-electron chi connectivity index (χ2n) is 5.69. The van der Waals surface area contributed by atoms with Crippen LogP contribution in [-0.4, -0.2) is 31.9 Å². The quantitative estimate of drug-likeness (QED) is 0.785. The number of hydrogen-bond donors (Lipinski definition) is 3. The Kier molecular flexibility index (Phi) is 3.49. The molecule has 0 saturated heterocycles. The molecule has 1 aliphatic rings. The van der Waals surface area contributed by atoms with E-state index in [1.165, 1.54) is 0 Å². The van der Waals surface area contributed by atoms with Gasteiger partial charge in [-0.1, -0.05) is 26.0 Å². The number of anilines is 2. The van der Waals surface area contributed by atoms with Crippen molar-refractivity contribution in [3.05, 3.63) is 24.3 Å². The number of para-hydroxylation sites is 2. The van der Waals surface area contributed by atoms with Crippen LogP contribution in [0.25, 0.3) is 0 Å². The zero-order chi connectivity index (χ0) is 14.3. The minimum atomic E-state index is -3.30. The summed E-state index contributed by atoms with van der Waals surface area (Å²) in [7, 11) is -3.30. The molecule has 0 amide bonds. The first-order chi connectivity index (χ1) is 8.70. The van der Waals surface area contributed by atoms with Crippen molar-refractivity contribution in [2.45, 2.75) is 32.4 Å². The van der Waals surface area contributed by atoms with Gasteiger partial charge in [0, 0.05) is 11.5 Å². The van der Waals surface area contributed by atoms with E-state index in [4.69, 9.17) is 0 Å². The molecule has 3 N–H and O–H groups in total. The fraction of sp³-hybridized carbons (Fsp3) is 0.538. The summed E-state index contributed by atoms with van der Waals surface area (Å²) >= 11 is 0. The lowest BCUT2D eigenvalue weighted by Crippen LogP contribution is -2.56. The molecule has 0 aliphatic heterocycles. The molecule has 0 radical (unpaired) electrons. The average molecular weight is 284 g/mol. The van der Waals surface area contributed by atoms with Crippen LogP contribution in [0.1, 0.15) is 20.3 Å². The van der Waals surface area contributed by atoms with Crippen LogP contribution in [0.4, 0.5) is 11.4 Å². The van der Waals surface area contributed by atoms with Crippen LogP contribution in [-0.2, 0) is 10.0 Å². The summed E-state index contributed by atoms with van der Waals surface area (Å²) in [6, 6.07) is 7.29. The molecule has 19 heavy (non-hydrogen) atoms. The Hall–Kier alpha value is -1.27. The van der Waals surface area contributed by atoms with Crippen LogP contribution in [0.15, 0.2) is 24.3 Å². The number of benzene rings is 1. The maximum absolute atomic E-state index is 11.3. The molecule has 1 aromatic carbocycles. The molecule has 106 valence electrons. The Morgan fingerprint density at radius 3 is 2.32 bits per heavy atom. The minimum absolute atomic E-state index is 0.130. The molecule has 5 nitrogen and oxygen atoms in total. The molecule has 6 heteroatoms. The molecule has 1 saturated carbocycles. The summed E-state index contributed by atoms with van der Waals surface area (Å²) in [4.78, 5) is 0. The van der Waals surface area contributed by atoms with E-state index in [0.29, 0.717) is 12.1 Å². The molecule has 2 rings (SSSR count). The summed E-state index contributed by atoms with van der Waals surface area (Å²) in [6.45, 7) is 3.98. The Morgan fingerprint density at radius 2 is 1.84 bits per heavy atom. The fourth-order valence-corrected chi connectivity index (χ4v) is 2.81. The van der Waals surface area contributed by atoms with Gasteiger partial charge in [0.1, 0.15) is 0 Å². The first kappa shape index (κ1) is 14.1. The summed E-state index contributed by atoms with van der Waals surface area (Å²) in [5.41, 5.74) is 1.05. The molecule has 0 aromatic heterocycles. The van der Waals surface area contributed by atoms with Gasteiger partial charge in [-0.2, -0.15) is 0 Å². The smallest absolute Gasteiger partial charge is 0.229 e. The molecule has 0 bridgehead atoms. The first-order valence-electron chi connectivity index (χ1n) is 6.21. The van der Waals surface area contributed by atoms with E-state index in [2.05, 4.69) is 10.0 Å². The molecule has 0 spiro atoms. The van der Waals surface area contributed by atoms with Gasteiger partial charge in [0.25, 0.3) is 0 Å². The van der Waals surface area contributed by atoms with Gasteiger partial charge in [-0.3, -0.25) is 4.72 Å². The lowest BCUT2D eigenvalue weighted by molar-refractivity contribution is -0.0510. The van der Waals surface area contributed by atoms with E-state index < -0.39 is 10.0 Å². The molecule has 2 unspecified atom stereocenters. The number of aliphatic hydroxyl groups excluding tert-OH is 1. The number of aliphatic hydroxyl groups is 1. The van der Waals surface area contributed by atoms with Crippen LogP contribution in [0.2, 0.25) is 0 Å². The van der Waals surface area contributed by atoms with Crippen molar-refractivity contribution in [3.63, 3.8) is 0 Å². The Labute approximate surface area is 114 Å². The van der Waals surface area contributed by atoms with Crippen molar-refractivity contribution in [1.82, 2.24) is 0 Å². The first-order valence-corrected chi connectivity index (χ1v) is 8.11. The fourth-order valence-electron chi connectivity index (χ4n) is 2.23. The highest BCUT2D eigenvalue weighted by molar-refractivity contribution is 7.92. The predicted octanol–water partition coefficient (Wildman–Crippen LogP) is 1.63. The highest BCUT2D eigenvalue weighted by Gasteiger charge is 2.47. The standard InChI is InChI=1S/C13H20N2O3S/c1-13(2)11(8-12(13)16)14-9-6-4-5-7-10(9)15-19(3,17)18/h4-7,11-12,14-16H,8H2,1-3H3. The SMILES string of the molecule is CC1(C)C(O)CC1Nc1ccccc1NS(C)(=O)=O. The largest absolute Gasteiger partial charge is 0.392 e. The molecular weight excluding hydrogens is 264 g/mol. The van der Waals surface area contributed by atoms with Gasteiger partial charge in [0.05, 0.1) is 23.7 Å². The van der Waals surface area contributed by atoms with Gasteiger partial charge < -0.3 is 10.4 Å². The number of nitrogens with one attached hydrogen (secondary N) is 2. The van der Waals surface area contributed by atoms with Crippen molar-refractivity contribution in [2.24, 2.45) is 5.41 Å². The minimum Gasteiger partial charge on any atom is -0.392 e. The topological polar surface area (TPSA) is 78.4 Å². The molecule has 1 aromatic rings. The van der Waals surface area contributed by atoms with E-state index in [-0.39, 0.29) is 17.6 Å². The predicted molar refractivity (Wildman–Crippen MR) is 76.7 cm³/mol. The Bertz CT molecular complexity index is 569. The van der Waals surface area contributed by atoms with Crippen molar-refractivity contribution in [3.8, 4) is 0 Å². The number of sulfonamides is 1. The number of hydrogen-bond acceptors (Lipinski definition) is 4. The third-order valence-corrected chi connectivity index (χ3v) is 4.36. The van der Waals surface area contributed by atoms with Crippen LogP contribution in [0, 0.1) is 5.41 Å². The van der Waals surface area contributed by atoms with E-state index in [1.54, 1.807) is 12.1 Å². The van der Waals surface area contributed by atoms with Crippen LogP contribution < -0.4 is 10.0 Å². The van der Waals surface area contributed by atoms with Crippen molar-refractivity contribution < 1.29 is 13.5 Å². The van der Waals surface area contributed by atoms with E-state index >= 15 is 0 Å². The van der Waals surface area contributed by atoms with E-state index in [0.717, 1.165) is 11.9 Å². The summed E-state index contributed by atoms with van der Waals surface area (Å²) < 4.78 is 25.1.